The van der Waals surface area contributed by atoms with Gasteiger partial charge in [-0.05, 0) is 24.3 Å². The predicted octanol–water partition coefficient (Wildman–Crippen LogP) is 5.00. The van der Waals surface area contributed by atoms with Gasteiger partial charge in [0.25, 0.3) is 0 Å². The Hall–Kier alpha value is -2.15. The molecule has 0 fully saturated rings. The van der Waals surface area contributed by atoms with E-state index in [9.17, 15) is 0 Å². The Labute approximate surface area is 125 Å². The van der Waals surface area contributed by atoms with E-state index < -0.39 is 0 Å². The zero-order valence-corrected chi connectivity index (χ0v) is 11.9. The van der Waals surface area contributed by atoms with E-state index in [0.29, 0.717) is 5.56 Å². The van der Waals surface area contributed by atoms with Gasteiger partial charge in [0.05, 0.1) is 17.3 Å². The maximum atomic E-state index is 8.80. The summed E-state index contributed by atoms with van der Waals surface area (Å²) in [5.41, 5.74) is 3.64. The van der Waals surface area contributed by atoms with Gasteiger partial charge in [-0.2, -0.15) is 5.26 Å². The molecule has 0 aliphatic heterocycles. The van der Waals surface area contributed by atoms with Crippen LogP contribution in [0.3, 0.4) is 0 Å². The molecule has 0 aliphatic rings. The van der Waals surface area contributed by atoms with Crippen LogP contribution < -0.4 is 0 Å². The topological polar surface area (TPSA) is 36.7 Å². The van der Waals surface area contributed by atoms with Gasteiger partial charge in [-0.15, -0.1) is 11.3 Å². The van der Waals surface area contributed by atoms with Crippen LogP contribution in [-0.4, -0.2) is 4.98 Å². The van der Waals surface area contributed by atoms with Gasteiger partial charge in [-0.3, -0.25) is 0 Å². The second-order valence-electron chi connectivity index (χ2n) is 4.23. The maximum Gasteiger partial charge on any atom is 0.124 e. The average Bonchev–Trinajstić information content (AvgIpc) is 2.98. The Kier molecular flexibility index (Phi) is 3.51. The van der Waals surface area contributed by atoms with E-state index in [1.54, 1.807) is 23.5 Å². The standard InChI is InChI=1S/C16H9ClN2S/c17-14-7-5-13(6-8-14)16-19-15(10-20-16)12-3-1-11(9-18)2-4-12/h1-8,10H. The summed E-state index contributed by atoms with van der Waals surface area (Å²) < 4.78 is 0. The van der Waals surface area contributed by atoms with Gasteiger partial charge in [-0.1, -0.05) is 35.9 Å². The molecular weight excluding hydrogens is 288 g/mol. The van der Waals surface area contributed by atoms with Crippen molar-refractivity contribution >= 4 is 22.9 Å². The first-order valence-corrected chi connectivity index (χ1v) is 7.24. The molecule has 0 aliphatic carbocycles. The molecule has 0 amide bonds. The first kappa shape index (κ1) is 12.9. The number of halogens is 1. The van der Waals surface area contributed by atoms with Crippen LogP contribution in [0, 0.1) is 11.3 Å². The molecule has 1 aromatic heterocycles. The molecule has 3 rings (SSSR count). The number of thiazole rings is 1. The second-order valence-corrected chi connectivity index (χ2v) is 5.53. The lowest BCUT2D eigenvalue weighted by Gasteiger charge is -1.97. The molecule has 3 aromatic rings. The molecule has 4 heteroatoms. The third-order valence-electron chi connectivity index (χ3n) is 2.91. The molecule has 0 spiro atoms. The van der Waals surface area contributed by atoms with Crippen LogP contribution in [0.15, 0.2) is 53.9 Å². The van der Waals surface area contributed by atoms with Crippen LogP contribution >= 0.6 is 22.9 Å². The molecule has 0 atom stereocenters. The van der Waals surface area contributed by atoms with Crippen LogP contribution in [0.2, 0.25) is 5.02 Å². The van der Waals surface area contributed by atoms with E-state index in [1.807, 2.05) is 41.8 Å². The monoisotopic (exact) mass is 296 g/mol. The lowest BCUT2D eigenvalue weighted by Crippen LogP contribution is -1.80. The summed E-state index contributed by atoms with van der Waals surface area (Å²) in [5, 5.41) is 12.5. The smallest absolute Gasteiger partial charge is 0.124 e. The largest absolute Gasteiger partial charge is 0.236 e. The summed E-state index contributed by atoms with van der Waals surface area (Å²) in [6.45, 7) is 0. The average molecular weight is 297 g/mol. The number of hydrogen-bond donors (Lipinski definition) is 0. The van der Waals surface area contributed by atoms with Gasteiger partial charge in [0.15, 0.2) is 0 Å². The summed E-state index contributed by atoms with van der Waals surface area (Å²) in [7, 11) is 0. The highest BCUT2D eigenvalue weighted by atomic mass is 35.5. The zero-order chi connectivity index (χ0) is 13.9. The highest BCUT2D eigenvalue weighted by molar-refractivity contribution is 7.13. The molecule has 2 nitrogen and oxygen atoms in total. The van der Waals surface area contributed by atoms with Crippen molar-refractivity contribution < 1.29 is 0 Å². The van der Waals surface area contributed by atoms with Gasteiger partial charge in [-0.25, -0.2) is 4.98 Å². The van der Waals surface area contributed by atoms with Crippen molar-refractivity contribution in [2.24, 2.45) is 0 Å². The number of rotatable bonds is 2. The Bertz CT molecular complexity index is 767. The third-order valence-corrected chi connectivity index (χ3v) is 4.05. The van der Waals surface area contributed by atoms with Crippen LogP contribution in [-0.2, 0) is 0 Å². The number of aromatic nitrogens is 1. The molecule has 0 unspecified atom stereocenters. The van der Waals surface area contributed by atoms with E-state index in [4.69, 9.17) is 16.9 Å². The minimum Gasteiger partial charge on any atom is -0.236 e. The number of nitrogens with zero attached hydrogens (tertiary/aromatic N) is 2. The Morgan fingerprint density at radius 1 is 0.950 bits per heavy atom. The quantitative estimate of drug-likeness (QED) is 0.667. The summed E-state index contributed by atoms with van der Waals surface area (Å²) in [5.74, 6) is 0. The van der Waals surface area contributed by atoms with Crippen molar-refractivity contribution in [3.63, 3.8) is 0 Å². The highest BCUT2D eigenvalue weighted by Crippen LogP contribution is 2.29. The fraction of sp³-hybridized carbons (Fsp3) is 0. The number of benzene rings is 2. The van der Waals surface area contributed by atoms with Crippen LogP contribution in [0.1, 0.15) is 5.56 Å². The fourth-order valence-electron chi connectivity index (χ4n) is 1.85. The number of hydrogen-bond acceptors (Lipinski definition) is 3. The third kappa shape index (κ3) is 2.57. The maximum absolute atomic E-state index is 8.80. The van der Waals surface area contributed by atoms with E-state index in [0.717, 1.165) is 26.9 Å². The molecule has 0 saturated carbocycles. The van der Waals surface area contributed by atoms with Crippen molar-refractivity contribution in [3.05, 3.63) is 64.5 Å². The molecular formula is C16H9ClN2S. The molecule has 0 saturated heterocycles. The van der Waals surface area contributed by atoms with Crippen molar-refractivity contribution in [1.82, 2.24) is 4.98 Å². The molecule has 1 heterocycles. The minimum absolute atomic E-state index is 0.655. The Morgan fingerprint density at radius 2 is 1.60 bits per heavy atom. The van der Waals surface area contributed by atoms with E-state index in [1.165, 1.54) is 0 Å². The van der Waals surface area contributed by atoms with E-state index >= 15 is 0 Å². The normalized spacial score (nSPS) is 10.2. The SMILES string of the molecule is N#Cc1ccc(-c2csc(-c3ccc(Cl)cc3)n2)cc1. The first-order valence-electron chi connectivity index (χ1n) is 5.98. The van der Waals surface area contributed by atoms with E-state index in [-0.39, 0.29) is 0 Å². The van der Waals surface area contributed by atoms with E-state index in [2.05, 4.69) is 11.1 Å². The highest BCUT2D eigenvalue weighted by Gasteiger charge is 2.06. The molecule has 2 aromatic carbocycles. The lowest BCUT2D eigenvalue weighted by atomic mass is 10.1. The second kappa shape index (κ2) is 5.46. The van der Waals surface area contributed by atoms with Crippen LogP contribution in [0.5, 0.6) is 0 Å². The van der Waals surface area contributed by atoms with Crippen molar-refractivity contribution in [1.29, 1.82) is 5.26 Å². The Morgan fingerprint density at radius 3 is 2.25 bits per heavy atom. The minimum atomic E-state index is 0.655. The fourth-order valence-corrected chi connectivity index (χ4v) is 2.81. The summed E-state index contributed by atoms with van der Waals surface area (Å²) in [6.07, 6.45) is 0. The Balaban J connectivity index is 1.93. The summed E-state index contributed by atoms with van der Waals surface area (Å²) >= 11 is 7.48. The predicted molar refractivity (Wildman–Crippen MR) is 82.7 cm³/mol. The molecule has 20 heavy (non-hydrogen) atoms. The van der Waals surface area contributed by atoms with Gasteiger partial charge < -0.3 is 0 Å². The summed E-state index contributed by atoms with van der Waals surface area (Å²) in [6, 6.07) is 17.2. The van der Waals surface area contributed by atoms with Gasteiger partial charge in [0, 0.05) is 21.5 Å². The van der Waals surface area contributed by atoms with Gasteiger partial charge in [0.1, 0.15) is 5.01 Å². The van der Waals surface area contributed by atoms with Crippen molar-refractivity contribution in [2.45, 2.75) is 0 Å². The first-order chi connectivity index (χ1) is 9.76. The molecule has 96 valence electrons. The van der Waals surface area contributed by atoms with Gasteiger partial charge in [0.2, 0.25) is 0 Å². The van der Waals surface area contributed by atoms with Gasteiger partial charge >= 0.3 is 0 Å². The lowest BCUT2D eigenvalue weighted by molar-refractivity contribution is 1.40. The van der Waals surface area contributed by atoms with Crippen LogP contribution in [0.25, 0.3) is 21.8 Å². The number of nitriles is 1. The van der Waals surface area contributed by atoms with Crippen molar-refractivity contribution in [3.8, 4) is 27.9 Å². The molecule has 0 N–H and O–H groups in total. The zero-order valence-electron chi connectivity index (χ0n) is 10.4. The van der Waals surface area contributed by atoms with Crippen molar-refractivity contribution in [2.75, 3.05) is 0 Å². The molecule has 0 bridgehead atoms. The van der Waals surface area contributed by atoms with Crippen LogP contribution in [0.4, 0.5) is 0 Å². The summed E-state index contributed by atoms with van der Waals surface area (Å²) in [4.78, 5) is 4.63. The molecule has 0 radical (unpaired) electrons.